The Morgan fingerprint density at radius 2 is 2.22 bits per heavy atom. The Morgan fingerprint density at radius 3 is 2.72 bits per heavy atom. The van der Waals surface area contributed by atoms with Crippen molar-refractivity contribution in [3.63, 3.8) is 0 Å². The third kappa shape index (κ3) is 4.34. The van der Waals surface area contributed by atoms with Crippen LogP contribution in [0.25, 0.3) is 0 Å². The van der Waals surface area contributed by atoms with Gasteiger partial charge in [-0.1, -0.05) is 13.8 Å². The first kappa shape index (κ1) is 15.6. The van der Waals surface area contributed by atoms with Gasteiger partial charge >= 0.3 is 0 Å². The van der Waals surface area contributed by atoms with Crippen molar-refractivity contribution in [3.8, 4) is 0 Å². The normalized spacial score (nSPS) is 16.4. The highest BCUT2D eigenvalue weighted by Crippen LogP contribution is 2.24. The average Bonchev–Trinajstić information content (AvgIpc) is 2.87. The summed E-state index contributed by atoms with van der Waals surface area (Å²) in [6.07, 6.45) is 5.12. The van der Waals surface area contributed by atoms with Gasteiger partial charge in [0.1, 0.15) is 0 Å². The van der Waals surface area contributed by atoms with E-state index in [1.807, 2.05) is 11.7 Å². The van der Waals surface area contributed by atoms with Crippen molar-refractivity contribution in [2.75, 3.05) is 13.2 Å². The molecular formula is C14H26N2OS. The van der Waals surface area contributed by atoms with E-state index in [1.54, 1.807) is 11.3 Å². The van der Waals surface area contributed by atoms with Crippen molar-refractivity contribution in [1.82, 2.24) is 10.3 Å². The van der Waals surface area contributed by atoms with Crippen LogP contribution in [0.15, 0.2) is 11.7 Å². The van der Waals surface area contributed by atoms with Crippen LogP contribution in [0.2, 0.25) is 0 Å². The van der Waals surface area contributed by atoms with Gasteiger partial charge in [0.25, 0.3) is 0 Å². The van der Waals surface area contributed by atoms with Crippen LogP contribution < -0.4 is 5.32 Å². The Bertz CT molecular complexity index is 316. The van der Waals surface area contributed by atoms with Gasteiger partial charge in [-0.15, -0.1) is 11.3 Å². The minimum absolute atomic E-state index is 0.103. The molecule has 3 nitrogen and oxygen atoms in total. The van der Waals surface area contributed by atoms with Gasteiger partial charge in [0.05, 0.1) is 11.1 Å². The summed E-state index contributed by atoms with van der Waals surface area (Å²) < 4.78 is 6.01. The molecule has 0 aliphatic carbocycles. The molecule has 1 rings (SSSR count). The van der Waals surface area contributed by atoms with Crippen molar-refractivity contribution < 1.29 is 4.74 Å². The summed E-state index contributed by atoms with van der Waals surface area (Å²) in [6, 6.07) is 0.350. The highest BCUT2D eigenvalue weighted by molar-refractivity contribution is 7.09. The lowest BCUT2D eigenvalue weighted by atomic mass is 9.90. The van der Waals surface area contributed by atoms with Gasteiger partial charge in [-0.2, -0.15) is 0 Å². The molecule has 2 atom stereocenters. The topological polar surface area (TPSA) is 34.2 Å². The first-order chi connectivity index (χ1) is 8.66. The molecule has 104 valence electrons. The molecule has 1 heterocycles. The standard InChI is InChI=1S/C14H26N2OS/c1-5-8-16-13(9-12-10-15-11-18-12)14(4,6-2)17-7-3/h10-11,13,16H,5-9H2,1-4H3. The van der Waals surface area contributed by atoms with Gasteiger partial charge in [0.15, 0.2) is 0 Å². The lowest BCUT2D eigenvalue weighted by Crippen LogP contribution is -2.51. The zero-order valence-corrected chi connectivity index (χ0v) is 12.8. The molecule has 0 spiro atoms. The Morgan fingerprint density at radius 1 is 1.44 bits per heavy atom. The van der Waals surface area contributed by atoms with E-state index < -0.39 is 0 Å². The predicted octanol–water partition coefficient (Wildman–Crippen LogP) is 3.26. The first-order valence-corrected chi connectivity index (χ1v) is 7.78. The van der Waals surface area contributed by atoms with E-state index in [9.17, 15) is 0 Å². The molecule has 0 radical (unpaired) electrons. The fourth-order valence-corrected chi connectivity index (χ4v) is 2.79. The van der Waals surface area contributed by atoms with Gasteiger partial charge in [0, 0.05) is 30.1 Å². The maximum absolute atomic E-state index is 6.01. The highest BCUT2D eigenvalue weighted by Gasteiger charge is 2.33. The summed E-state index contributed by atoms with van der Waals surface area (Å²) in [5.74, 6) is 0. The van der Waals surface area contributed by atoms with Crippen molar-refractivity contribution in [2.45, 2.75) is 58.6 Å². The van der Waals surface area contributed by atoms with E-state index in [1.165, 1.54) is 4.88 Å². The van der Waals surface area contributed by atoms with Crippen LogP contribution in [-0.2, 0) is 11.2 Å². The second-order valence-electron chi connectivity index (χ2n) is 4.78. The molecule has 4 heteroatoms. The van der Waals surface area contributed by atoms with Gasteiger partial charge in [-0.3, -0.25) is 4.98 Å². The van der Waals surface area contributed by atoms with Crippen LogP contribution in [0.3, 0.4) is 0 Å². The van der Waals surface area contributed by atoms with E-state index in [2.05, 4.69) is 38.0 Å². The number of ether oxygens (including phenoxy) is 1. The zero-order valence-electron chi connectivity index (χ0n) is 12.0. The van der Waals surface area contributed by atoms with E-state index >= 15 is 0 Å². The van der Waals surface area contributed by atoms with Crippen LogP contribution in [0.1, 0.15) is 45.4 Å². The summed E-state index contributed by atoms with van der Waals surface area (Å²) in [5, 5.41) is 3.64. The Labute approximate surface area is 115 Å². The van der Waals surface area contributed by atoms with Crippen LogP contribution in [0.5, 0.6) is 0 Å². The zero-order chi connectivity index (χ0) is 13.4. The molecule has 0 aliphatic heterocycles. The molecule has 0 fully saturated rings. The SMILES string of the molecule is CCCNC(Cc1cncs1)C(C)(CC)OCC. The average molecular weight is 270 g/mol. The second kappa shape index (κ2) is 7.87. The highest BCUT2D eigenvalue weighted by atomic mass is 32.1. The second-order valence-corrected chi connectivity index (χ2v) is 5.75. The van der Waals surface area contributed by atoms with Gasteiger partial charge in [0.2, 0.25) is 0 Å². The number of nitrogens with one attached hydrogen (secondary N) is 1. The molecule has 0 saturated carbocycles. The summed E-state index contributed by atoms with van der Waals surface area (Å²) in [4.78, 5) is 5.48. The van der Waals surface area contributed by atoms with Gasteiger partial charge < -0.3 is 10.1 Å². The summed E-state index contributed by atoms with van der Waals surface area (Å²) in [5.41, 5.74) is 1.80. The molecule has 18 heavy (non-hydrogen) atoms. The molecule has 1 N–H and O–H groups in total. The first-order valence-electron chi connectivity index (χ1n) is 6.91. The molecule has 1 aromatic rings. The molecular weight excluding hydrogens is 244 g/mol. The lowest BCUT2D eigenvalue weighted by molar-refractivity contribution is -0.0548. The van der Waals surface area contributed by atoms with E-state index in [0.717, 1.165) is 32.4 Å². The monoisotopic (exact) mass is 270 g/mol. The number of aromatic nitrogens is 1. The quantitative estimate of drug-likeness (QED) is 0.748. The van der Waals surface area contributed by atoms with Crippen LogP contribution in [0.4, 0.5) is 0 Å². The summed E-state index contributed by atoms with van der Waals surface area (Å²) in [6.45, 7) is 10.5. The summed E-state index contributed by atoms with van der Waals surface area (Å²) >= 11 is 1.72. The Hall–Kier alpha value is -0.450. The van der Waals surface area contributed by atoms with E-state index in [0.29, 0.717) is 6.04 Å². The fourth-order valence-electron chi connectivity index (χ4n) is 2.15. The minimum atomic E-state index is -0.103. The number of nitrogens with zero attached hydrogens (tertiary/aromatic N) is 1. The third-order valence-electron chi connectivity index (χ3n) is 3.44. The largest absolute Gasteiger partial charge is 0.374 e. The minimum Gasteiger partial charge on any atom is -0.374 e. The smallest absolute Gasteiger partial charge is 0.0807 e. The molecule has 0 saturated heterocycles. The van der Waals surface area contributed by atoms with Crippen molar-refractivity contribution >= 4 is 11.3 Å². The van der Waals surface area contributed by atoms with Gasteiger partial charge in [-0.05, 0) is 33.2 Å². The fraction of sp³-hybridized carbons (Fsp3) is 0.786. The molecule has 0 bridgehead atoms. The number of rotatable bonds is 9. The maximum Gasteiger partial charge on any atom is 0.0807 e. The van der Waals surface area contributed by atoms with Crippen molar-refractivity contribution in [1.29, 1.82) is 0 Å². The van der Waals surface area contributed by atoms with Crippen molar-refractivity contribution in [2.24, 2.45) is 0 Å². The van der Waals surface area contributed by atoms with Gasteiger partial charge in [-0.25, -0.2) is 0 Å². The molecule has 2 unspecified atom stereocenters. The van der Waals surface area contributed by atoms with E-state index in [-0.39, 0.29) is 5.60 Å². The predicted molar refractivity (Wildman–Crippen MR) is 78.2 cm³/mol. The van der Waals surface area contributed by atoms with Crippen LogP contribution in [-0.4, -0.2) is 29.8 Å². The number of thiazole rings is 1. The Kier molecular flexibility index (Phi) is 6.82. The Balaban J connectivity index is 2.74. The number of hydrogen-bond acceptors (Lipinski definition) is 4. The third-order valence-corrected chi connectivity index (χ3v) is 4.24. The molecule has 1 aromatic heterocycles. The van der Waals surface area contributed by atoms with E-state index in [4.69, 9.17) is 4.74 Å². The van der Waals surface area contributed by atoms with Crippen LogP contribution >= 0.6 is 11.3 Å². The van der Waals surface area contributed by atoms with Crippen molar-refractivity contribution in [3.05, 3.63) is 16.6 Å². The maximum atomic E-state index is 6.01. The van der Waals surface area contributed by atoms with Crippen LogP contribution in [0, 0.1) is 0 Å². The molecule has 0 aliphatic rings. The summed E-state index contributed by atoms with van der Waals surface area (Å²) in [7, 11) is 0. The molecule has 0 amide bonds. The lowest BCUT2D eigenvalue weighted by Gasteiger charge is -2.37. The number of hydrogen-bond donors (Lipinski definition) is 1. The molecule has 0 aromatic carbocycles.